The van der Waals surface area contributed by atoms with Gasteiger partial charge in [-0.05, 0) is 35.7 Å². The van der Waals surface area contributed by atoms with Gasteiger partial charge in [-0.15, -0.1) is 10.2 Å². The van der Waals surface area contributed by atoms with E-state index in [-0.39, 0.29) is 0 Å². The van der Waals surface area contributed by atoms with Crippen LogP contribution in [0.2, 0.25) is 0 Å². The van der Waals surface area contributed by atoms with Gasteiger partial charge in [-0.25, -0.2) is 4.98 Å². The molecule has 1 aromatic carbocycles. The zero-order chi connectivity index (χ0) is 16.5. The number of rotatable bonds is 3. The summed E-state index contributed by atoms with van der Waals surface area (Å²) in [6.45, 7) is 2.14. The Morgan fingerprint density at radius 2 is 1.88 bits per heavy atom. The quantitative estimate of drug-likeness (QED) is 0.628. The van der Waals surface area contributed by atoms with Crippen molar-refractivity contribution in [2.45, 2.75) is 13.3 Å². The monoisotopic (exact) mass is 316 g/mol. The summed E-state index contributed by atoms with van der Waals surface area (Å²) >= 11 is 0. The van der Waals surface area contributed by atoms with Crippen molar-refractivity contribution in [3.05, 3.63) is 60.6 Å². The Bertz CT molecular complexity index is 1000. The third-order valence-electron chi connectivity index (χ3n) is 4.05. The average molecular weight is 316 g/mol. The molecule has 3 aromatic heterocycles. The maximum Gasteiger partial charge on any atom is 0.177 e. The molecule has 6 nitrogen and oxygen atoms in total. The molecule has 0 radical (unpaired) electrons. The van der Waals surface area contributed by atoms with E-state index in [9.17, 15) is 0 Å². The SMILES string of the molecule is CCc1ccc(-c2cnc(N)c(-c3ccc4nncn4n3)c2)cc1. The van der Waals surface area contributed by atoms with Gasteiger partial charge in [-0.1, -0.05) is 31.2 Å². The summed E-state index contributed by atoms with van der Waals surface area (Å²) in [6.07, 6.45) is 4.38. The van der Waals surface area contributed by atoms with Gasteiger partial charge in [0.1, 0.15) is 12.1 Å². The van der Waals surface area contributed by atoms with E-state index in [1.165, 1.54) is 5.56 Å². The van der Waals surface area contributed by atoms with E-state index in [1.807, 2.05) is 18.2 Å². The molecule has 3 heterocycles. The smallest absolute Gasteiger partial charge is 0.177 e. The number of pyridine rings is 1. The van der Waals surface area contributed by atoms with E-state index >= 15 is 0 Å². The van der Waals surface area contributed by atoms with Gasteiger partial charge in [-0.3, -0.25) is 0 Å². The Hall–Kier alpha value is -3.28. The average Bonchev–Trinajstić information content (AvgIpc) is 3.10. The first kappa shape index (κ1) is 14.3. The van der Waals surface area contributed by atoms with Crippen molar-refractivity contribution >= 4 is 11.5 Å². The Labute approximate surface area is 139 Å². The molecule has 0 unspecified atom stereocenters. The molecule has 0 aliphatic rings. The Balaban J connectivity index is 1.80. The van der Waals surface area contributed by atoms with Crippen LogP contribution in [0.3, 0.4) is 0 Å². The highest BCUT2D eigenvalue weighted by molar-refractivity contribution is 5.77. The number of hydrogen-bond donors (Lipinski definition) is 1. The molecule has 0 spiro atoms. The molecule has 4 aromatic rings. The zero-order valence-corrected chi connectivity index (χ0v) is 13.2. The number of nitrogens with zero attached hydrogens (tertiary/aromatic N) is 5. The van der Waals surface area contributed by atoms with Crippen LogP contribution >= 0.6 is 0 Å². The highest BCUT2D eigenvalue weighted by Crippen LogP contribution is 2.28. The summed E-state index contributed by atoms with van der Waals surface area (Å²) in [6, 6.07) is 14.2. The molecule has 0 bridgehead atoms. The summed E-state index contributed by atoms with van der Waals surface area (Å²) in [7, 11) is 0. The first-order valence-electron chi connectivity index (χ1n) is 7.77. The van der Waals surface area contributed by atoms with Crippen LogP contribution < -0.4 is 5.73 Å². The zero-order valence-electron chi connectivity index (χ0n) is 13.2. The lowest BCUT2D eigenvalue weighted by Gasteiger charge is -2.08. The van der Waals surface area contributed by atoms with Gasteiger partial charge in [0.25, 0.3) is 0 Å². The second-order valence-corrected chi connectivity index (χ2v) is 5.56. The number of benzene rings is 1. The van der Waals surface area contributed by atoms with E-state index in [0.29, 0.717) is 11.5 Å². The van der Waals surface area contributed by atoms with Crippen LogP contribution in [0.15, 0.2) is 55.0 Å². The predicted octanol–water partition coefficient (Wildman–Crippen LogP) is 3.00. The van der Waals surface area contributed by atoms with Crippen molar-refractivity contribution in [1.82, 2.24) is 24.8 Å². The van der Waals surface area contributed by atoms with Gasteiger partial charge < -0.3 is 5.73 Å². The second kappa shape index (κ2) is 5.73. The van der Waals surface area contributed by atoms with Crippen LogP contribution in [0.5, 0.6) is 0 Å². The largest absolute Gasteiger partial charge is 0.383 e. The minimum absolute atomic E-state index is 0.448. The molecule has 0 amide bonds. The predicted molar refractivity (Wildman–Crippen MR) is 93.2 cm³/mol. The van der Waals surface area contributed by atoms with Gasteiger partial charge in [-0.2, -0.15) is 9.61 Å². The number of anilines is 1. The Morgan fingerprint density at radius 3 is 2.67 bits per heavy atom. The van der Waals surface area contributed by atoms with Crippen molar-refractivity contribution in [2.75, 3.05) is 5.73 Å². The number of aromatic nitrogens is 5. The standard InChI is InChI=1S/C18H16N6/c1-2-12-3-5-13(6-4-12)14-9-15(18(19)20-10-14)16-7-8-17-22-21-11-24(17)23-16/h3-11H,2H2,1H3,(H2,19,20). The fourth-order valence-corrected chi connectivity index (χ4v) is 2.64. The van der Waals surface area contributed by atoms with Crippen LogP contribution in [0.25, 0.3) is 28.0 Å². The van der Waals surface area contributed by atoms with Crippen LogP contribution in [-0.2, 0) is 6.42 Å². The first-order chi connectivity index (χ1) is 11.7. The third-order valence-corrected chi connectivity index (χ3v) is 4.05. The normalized spacial score (nSPS) is 11.0. The summed E-state index contributed by atoms with van der Waals surface area (Å²) in [5, 5.41) is 12.3. The molecule has 24 heavy (non-hydrogen) atoms. The van der Waals surface area contributed by atoms with Gasteiger partial charge in [0, 0.05) is 17.3 Å². The lowest BCUT2D eigenvalue weighted by Crippen LogP contribution is -1.99. The van der Waals surface area contributed by atoms with E-state index in [2.05, 4.69) is 51.5 Å². The van der Waals surface area contributed by atoms with Crippen molar-refractivity contribution in [3.63, 3.8) is 0 Å². The highest BCUT2D eigenvalue weighted by Gasteiger charge is 2.10. The minimum Gasteiger partial charge on any atom is -0.383 e. The third kappa shape index (κ3) is 2.48. The van der Waals surface area contributed by atoms with Crippen molar-refractivity contribution in [3.8, 4) is 22.4 Å². The molecule has 0 fully saturated rings. The highest BCUT2D eigenvalue weighted by atomic mass is 15.3. The summed E-state index contributed by atoms with van der Waals surface area (Å²) in [5.41, 5.74) is 11.7. The number of nitrogen functional groups attached to an aromatic ring is 1. The summed E-state index contributed by atoms with van der Waals surface area (Å²) < 4.78 is 1.62. The van der Waals surface area contributed by atoms with E-state index in [0.717, 1.165) is 28.8 Å². The molecule has 6 heteroatoms. The fraction of sp³-hybridized carbons (Fsp3) is 0.111. The minimum atomic E-state index is 0.448. The fourth-order valence-electron chi connectivity index (χ4n) is 2.64. The lowest BCUT2D eigenvalue weighted by atomic mass is 10.0. The van der Waals surface area contributed by atoms with E-state index in [4.69, 9.17) is 5.73 Å². The van der Waals surface area contributed by atoms with E-state index < -0.39 is 0 Å². The Kier molecular flexibility index (Phi) is 3.42. The Morgan fingerprint density at radius 1 is 1.04 bits per heavy atom. The maximum absolute atomic E-state index is 6.07. The first-order valence-corrected chi connectivity index (χ1v) is 7.77. The topological polar surface area (TPSA) is 82.0 Å². The molecular formula is C18H16N6. The summed E-state index contributed by atoms with van der Waals surface area (Å²) in [4.78, 5) is 4.34. The van der Waals surface area contributed by atoms with Crippen molar-refractivity contribution in [1.29, 1.82) is 0 Å². The number of nitrogens with two attached hydrogens (primary N) is 1. The number of hydrogen-bond acceptors (Lipinski definition) is 5. The van der Waals surface area contributed by atoms with Gasteiger partial charge in [0.05, 0.1) is 5.69 Å². The molecule has 0 saturated carbocycles. The van der Waals surface area contributed by atoms with Crippen LogP contribution in [0.1, 0.15) is 12.5 Å². The number of fused-ring (bicyclic) bond motifs is 1. The second-order valence-electron chi connectivity index (χ2n) is 5.56. The van der Waals surface area contributed by atoms with Gasteiger partial charge >= 0.3 is 0 Å². The number of aryl methyl sites for hydroxylation is 1. The molecule has 118 valence electrons. The van der Waals surface area contributed by atoms with Crippen molar-refractivity contribution < 1.29 is 0 Å². The molecule has 0 aliphatic carbocycles. The molecule has 4 rings (SSSR count). The molecule has 2 N–H and O–H groups in total. The summed E-state index contributed by atoms with van der Waals surface area (Å²) in [5.74, 6) is 0.448. The maximum atomic E-state index is 6.07. The van der Waals surface area contributed by atoms with Crippen molar-refractivity contribution in [2.24, 2.45) is 0 Å². The van der Waals surface area contributed by atoms with Crippen LogP contribution in [0, 0.1) is 0 Å². The molecule has 0 saturated heterocycles. The van der Waals surface area contributed by atoms with Gasteiger partial charge in [0.2, 0.25) is 0 Å². The lowest BCUT2D eigenvalue weighted by molar-refractivity contribution is 0.932. The van der Waals surface area contributed by atoms with Gasteiger partial charge in [0.15, 0.2) is 5.65 Å². The van der Waals surface area contributed by atoms with Crippen LogP contribution in [0.4, 0.5) is 5.82 Å². The van der Waals surface area contributed by atoms with E-state index in [1.54, 1.807) is 17.0 Å². The molecule has 0 aliphatic heterocycles. The molecule has 0 atom stereocenters. The van der Waals surface area contributed by atoms with Crippen LogP contribution in [-0.4, -0.2) is 24.8 Å². The molecular weight excluding hydrogens is 300 g/mol.